The van der Waals surface area contributed by atoms with Gasteiger partial charge in [-0.25, -0.2) is 0 Å². The number of esters is 1. The van der Waals surface area contributed by atoms with Crippen molar-refractivity contribution in [1.29, 1.82) is 0 Å². The van der Waals surface area contributed by atoms with Crippen molar-refractivity contribution in [2.45, 2.75) is 67.7 Å². The van der Waals surface area contributed by atoms with Crippen LogP contribution in [0.3, 0.4) is 0 Å². The highest BCUT2D eigenvalue weighted by Crippen LogP contribution is 2.13. The largest absolute Gasteiger partial charge is 0.468 e. The van der Waals surface area contributed by atoms with Crippen molar-refractivity contribution in [2.75, 3.05) is 101 Å². The Morgan fingerprint density at radius 2 is 1.04 bits per heavy atom. The first-order valence-corrected chi connectivity index (χ1v) is 16.7. The maximum Gasteiger partial charge on any atom is 0.325 e. The molecule has 11 N–H and O–H groups in total. The van der Waals surface area contributed by atoms with Crippen LogP contribution in [0.15, 0.2) is 0 Å². The third-order valence-corrected chi connectivity index (χ3v) is 8.17. The average molecular weight is 773 g/mol. The SMILES string of the molecule is COC(=O)CN(C)C(=O)CN(C)C(=O)C(CCCN(C[C@H](O)[C@@H](O)[C@H](O)[C@H](O)CO)C[C@H](O)[C@@H](O)[C@H](O)[C@H](O)CO)NC(=O)CN(C)C(=O)CN(C)C. The summed E-state index contributed by atoms with van der Waals surface area (Å²) in [5.74, 6) is -3.22. The van der Waals surface area contributed by atoms with Gasteiger partial charge in [0.05, 0.1) is 52.2 Å². The number of hydrogen-bond donors (Lipinski definition) is 11. The number of hydrogen-bond acceptors (Lipinski definition) is 18. The predicted octanol–water partition coefficient (Wildman–Crippen LogP) is -8.47. The molecule has 0 bridgehead atoms. The molecule has 0 aliphatic carbocycles. The van der Waals surface area contributed by atoms with Crippen LogP contribution < -0.4 is 5.32 Å². The number of nitrogens with one attached hydrogen (secondary N) is 1. The third kappa shape index (κ3) is 18.2. The Balaban J connectivity index is 6.19. The smallest absolute Gasteiger partial charge is 0.325 e. The molecular weight excluding hydrogens is 712 g/mol. The van der Waals surface area contributed by atoms with Gasteiger partial charge in [0.2, 0.25) is 23.6 Å². The van der Waals surface area contributed by atoms with Crippen LogP contribution in [0.2, 0.25) is 0 Å². The van der Waals surface area contributed by atoms with Gasteiger partial charge in [0.15, 0.2) is 0 Å². The van der Waals surface area contributed by atoms with Gasteiger partial charge in [-0.2, -0.15) is 0 Å². The van der Waals surface area contributed by atoms with E-state index in [1.54, 1.807) is 19.0 Å². The van der Waals surface area contributed by atoms with Crippen molar-refractivity contribution in [3.05, 3.63) is 0 Å². The fraction of sp³-hybridized carbons (Fsp3) is 0.839. The molecule has 22 heteroatoms. The van der Waals surface area contributed by atoms with E-state index in [4.69, 9.17) is 10.2 Å². The normalized spacial score (nSPS) is 16.8. The summed E-state index contributed by atoms with van der Waals surface area (Å²) in [5, 5.41) is 102. The second-order valence-electron chi connectivity index (χ2n) is 13.1. The van der Waals surface area contributed by atoms with E-state index in [0.29, 0.717) is 0 Å². The van der Waals surface area contributed by atoms with Crippen LogP contribution in [0.5, 0.6) is 0 Å². The Kier molecular flexibility index (Phi) is 23.6. The molecular formula is C31H60N6O16. The highest BCUT2D eigenvalue weighted by molar-refractivity contribution is 5.92. The monoisotopic (exact) mass is 772 g/mol. The van der Waals surface area contributed by atoms with Crippen molar-refractivity contribution in [1.82, 2.24) is 29.8 Å². The number of likely N-dealkylation sites (N-methyl/N-ethyl adjacent to an activating group) is 4. The maximum absolute atomic E-state index is 13.6. The molecule has 0 aromatic heterocycles. The van der Waals surface area contributed by atoms with Crippen molar-refractivity contribution in [2.24, 2.45) is 0 Å². The summed E-state index contributed by atoms with van der Waals surface area (Å²) >= 11 is 0. The number of carbonyl (C=O) groups excluding carboxylic acids is 5. The highest BCUT2D eigenvalue weighted by Gasteiger charge is 2.35. The number of aliphatic hydroxyl groups excluding tert-OH is 10. The number of carbonyl (C=O) groups is 5. The second kappa shape index (κ2) is 25.0. The van der Waals surface area contributed by atoms with Gasteiger partial charge in [-0.3, -0.25) is 28.9 Å². The van der Waals surface area contributed by atoms with E-state index in [2.05, 4.69) is 10.1 Å². The summed E-state index contributed by atoms with van der Waals surface area (Å²) < 4.78 is 4.55. The molecule has 0 aromatic rings. The van der Waals surface area contributed by atoms with Crippen molar-refractivity contribution < 1.29 is 79.8 Å². The lowest BCUT2D eigenvalue weighted by Gasteiger charge is -2.34. The number of ether oxygens (including phenoxy) is 1. The molecule has 0 aromatic carbocycles. The van der Waals surface area contributed by atoms with Crippen LogP contribution in [0.25, 0.3) is 0 Å². The molecule has 0 aliphatic heterocycles. The number of amides is 4. The molecule has 9 atom stereocenters. The Morgan fingerprint density at radius 1 is 0.604 bits per heavy atom. The average Bonchev–Trinajstić information content (AvgIpc) is 3.10. The molecule has 1 unspecified atom stereocenters. The van der Waals surface area contributed by atoms with Crippen molar-refractivity contribution >= 4 is 29.6 Å². The molecule has 53 heavy (non-hydrogen) atoms. The Hall–Kier alpha value is -3.13. The predicted molar refractivity (Wildman–Crippen MR) is 183 cm³/mol. The number of nitrogens with zero attached hydrogens (tertiary/aromatic N) is 5. The van der Waals surface area contributed by atoms with Crippen LogP contribution in [0.1, 0.15) is 12.8 Å². The zero-order valence-corrected chi connectivity index (χ0v) is 31.1. The summed E-state index contributed by atoms with van der Waals surface area (Å²) in [6, 6.07) is -1.32. The van der Waals surface area contributed by atoms with E-state index in [1.165, 1.54) is 26.0 Å². The Labute approximate surface area is 308 Å². The fourth-order valence-electron chi connectivity index (χ4n) is 4.85. The zero-order chi connectivity index (χ0) is 41.2. The van der Waals surface area contributed by atoms with E-state index >= 15 is 0 Å². The molecule has 0 aliphatic rings. The molecule has 310 valence electrons. The van der Waals surface area contributed by atoms with E-state index in [0.717, 1.165) is 21.8 Å². The highest BCUT2D eigenvalue weighted by atomic mass is 16.5. The van der Waals surface area contributed by atoms with Gasteiger partial charge in [0.25, 0.3) is 0 Å². The minimum atomic E-state index is -2.02. The van der Waals surface area contributed by atoms with Crippen LogP contribution in [-0.2, 0) is 28.7 Å². The minimum Gasteiger partial charge on any atom is -0.468 e. The molecule has 0 radical (unpaired) electrons. The molecule has 4 amide bonds. The van der Waals surface area contributed by atoms with E-state index in [1.807, 2.05) is 0 Å². The summed E-state index contributed by atoms with van der Waals surface area (Å²) in [4.78, 5) is 69.3. The first-order valence-electron chi connectivity index (χ1n) is 16.7. The quantitative estimate of drug-likeness (QED) is 0.0364. The summed E-state index contributed by atoms with van der Waals surface area (Å²) in [7, 11) is 8.43. The van der Waals surface area contributed by atoms with Gasteiger partial charge in [0, 0.05) is 34.2 Å². The Bertz CT molecular complexity index is 1110. The van der Waals surface area contributed by atoms with Gasteiger partial charge in [0.1, 0.15) is 49.2 Å². The topological polar surface area (TPSA) is 325 Å². The number of rotatable bonds is 26. The fourth-order valence-corrected chi connectivity index (χ4v) is 4.85. The number of methoxy groups -OCH3 is 1. The summed E-state index contributed by atoms with van der Waals surface area (Å²) in [5.41, 5.74) is 0. The third-order valence-electron chi connectivity index (χ3n) is 8.17. The van der Waals surface area contributed by atoms with E-state index in [9.17, 15) is 64.8 Å². The molecule has 0 saturated heterocycles. The van der Waals surface area contributed by atoms with Gasteiger partial charge in [-0.05, 0) is 33.5 Å². The minimum absolute atomic E-state index is 0.00100. The van der Waals surface area contributed by atoms with Crippen LogP contribution in [0.4, 0.5) is 0 Å². The summed E-state index contributed by atoms with van der Waals surface area (Å²) in [6.07, 6.45) is -15.6. The lowest BCUT2D eigenvalue weighted by Crippen LogP contribution is -2.54. The van der Waals surface area contributed by atoms with Crippen LogP contribution >= 0.6 is 0 Å². The van der Waals surface area contributed by atoms with Crippen molar-refractivity contribution in [3.8, 4) is 0 Å². The van der Waals surface area contributed by atoms with E-state index < -0.39 is 130 Å². The molecule has 22 nitrogen and oxygen atoms in total. The van der Waals surface area contributed by atoms with Gasteiger partial charge in [-0.1, -0.05) is 0 Å². The first kappa shape index (κ1) is 49.9. The number of aliphatic hydroxyl groups is 10. The van der Waals surface area contributed by atoms with Crippen LogP contribution in [0, 0.1) is 0 Å². The van der Waals surface area contributed by atoms with E-state index in [-0.39, 0.29) is 25.9 Å². The van der Waals surface area contributed by atoms with Gasteiger partial charge >= 0.3 is 5.97 Å². The molecule has 0 saturated carbocycles. The van der Waals surface area contributed by atoms with Gasteiger partial charge < -0.3 is 80.7 Å². The standard InChI is InChI=1S/C31H60N6O16/c1-33(2)13-24(45)34(3)12-23(44)32-18(31(52)36(5)14-25(46)35(4)15-26(47)53-6)8-7-9-37(10-19(40)27(48)29(50)21(42)16-38)11-20(41)28(49)30(51)22(43)17-39/h18-22,27-30,38-43,48-51H,7-17H2,1-6H3,(H,32,44)/t18?,19-,20-,21+,22+,27+,28+,29+,30+/m0/s1. The Morgan fingerprint density at radius 3 is 1.47 bits per heavy atom. The van der Waals surface area contributed by atoms with Crippen molar-refractivity contribution in [3.63, 3.8) is 0 Å². The zero-order valence-electron chi connectivity index (χ0n) is 31.1. The molecule has 0 fully saturated rings. The molecule has 0 spiro atoms. The lowest BCUT2D eigenvalue weighted by molar-refractivity contribution is -0.147. The maximum atomic E-state index is 13.6. The molecule has 0 rings (SSSR count). The summed E-state index contributed by atoms with van der Waals surface area (Å²) in [6.45, 7) is -4.55. The lowest BCUT2D eigenvalue weighted by atomic mass is 10.0. The van der Waals surface area contributed by atoms with Crippen LogP contribution in [-0.4, -0.2) is 261 Å². The van der Waals surface area contributed by atoms with Gasteiger partial charge in [-0.15, -0.1) is 0 Å². The molecule has 0 heterocycles. The second-order valence-corrected chi connectivity index (χ2v) is 13.1. The first-order chi connectivity index (χ1) is 24.6.